The Balaban J connectivity index is 1.58. The molecule has 0 saturated carbocycles. The monoisotopic (exact) mass is 470 g/mol. The minimum Gasteiger partial charge on any atom is -0.448 e. The zero-order chi connectivity index (χ0) is 20.6. The average molecular weight is 472 g/mol. The van der Waals surface area contributed by atoms with E-state index in [1.807, 2.05) is 0 Å². The van der Waals surface area contributed by atoms with Crippen LogP contribution in [-0.4, -0.2) is 21.3 Å². The molecule has 3 aromatic carbocycles. The van der Waals surface area contributed by atoms with E-state index >= 15 is 0 Å². The first kappa shape index (κ1) is 20.3. The first-order chi connectivity index (χ1) is 13.8. The number of benzene rings is 3. The molecule has 9 heteroatoms. The predicted molar refractivity (Wildman–Crippen MR) is 112 cm³/mol. The Morgan fingerprint density at radius 3 is 2.34 bits per heavy atom. The van der Waals surface area contributed by atoms with Crippen LogP contribution in [0.15, 0.2) is 65.6 Å². The van der Waals surface area contributed by atoms with Crippen molar-refractivity contribution in [3.05, 3.63) is 75.7 Å². The number of ether oxygens (including phenoxy) is 2. The molecule has 0 amide bonds. The highest BCUT2D eigenvalue weighted by Crippen LogP contribution is 2.47. The lowest BCUT2D eigenvalue weighted by molar-refractivity contribution is 0.00993. The molecule has 29 heavy (non-hydrogen) atoms. The minimum atomic E-state index is -3.94. The molecule has 0 spiro atoms. The lowest BCUT2D eigenvalue weighted by atomic mass is 10.0. The highest BCUT2D eigenvalue weighted by atomic mass is 35.5. The number of fused-ring (bicyclic) bond motifs is 1. The quantitative estimate of drug-likeness (QED) is 0.439. The molecule has 1 aliphatic rings. The summed E-state index contributed by atoms with van der Waals surface area (Å²) < 4.78 is 41.2. The Bertz CT molecular complexity index is 1170. The van der Waals surface area contributed by atoms with Gasteiger partial charge in [0, 0.05) is 32.3 Å². The SMILES string of the molecule is O=S(=O)(OCC1Oc2cc(Cl)cc(-c3cc(Cl)ccc3Cl)c2O1)c1ccccc1. The van der Waals surface area contributed by atoms with Gasteiger partial charge in [-0.15, -0.1) is 0 Å². The Morgan fingerprint density at radius 2 is 1.59 bits per heavy atom. The maximum absolute atomic E-state index is 12.3. The van der Waals surface area contributed by atoms with E-state index in [2.05, 4.69) is 0 Å². The van der Waals surface area contributed by atoms with E-state index in [1.165, 1.54) is 12.1 Å². The van der Waals surface area contributed by atoms with Gasteiger partial charge in [0.1, 0.15) is 6.61 Å². The van der Waals surface area contributed by atoms with Gasteiger partial charge in [-0.1, -0.05) is 53.0 Å². The summed E-state index contributed by atoms with van der Waals surface area (Å²) in [7, 11) is -3.94. The summed E-state index contributed by atoms with van der Waals surface area (Å²) in [5.41, 5.74) is 1.19. The molecule has 1 heterocycles. The van der Waals surface area contributed by atoms with Gasteiger partial charge in [-0.2, -0.15) is 8.42 Å². The number of hydrogen-bond donors (Lipinski definition) is 0. The van der Waals surface area contributed by atoms with Crippen molar-refractivity contribution >= 4 is 44.9 Å². The van der Waals surface area contributed by atoms with E-state index in [-0.39, 0.29) is 11.5 Å². The molecule has 0 aliphatic carbocycles. The normalized spacial score (nSPS) is 15.5. The van der Waals surface area contributed by atoms with Gasteiger partial charge in [0.2, 0.25) is 0 Å². The predicted octanol–water partition coefficient (Wildman–Crippen LogP) is 5.82. The molecule has 0 fully saturated rings. The summed E-state index contributed by atoms with van der Waals surface area (Å²) in [5.74, 6) is 0.735. The Labute approximate surface area is 182 Å². The molecule has 150 valence electrons. The van der Waals surface area contributed by atoms with Gasteiger partial charge in [-0.05, 0) is 36.4 Å². The van der Waals surface area contributed by atoms with E-state index in [0.717, 1.165) is 0 Å². The molecule has 1 unspecified atom stereocenters. The highest BCUT2D eigenvalue weighted by molar-refractivity contribution is 7.86. The van der Waals surface area contributed by atoms with Crippen LogP contribution in [0.25, 0.3) is 11.1 Å². The van der Waals surface area contributed by atoms with Crippen LogP contribution in [0.5, 0.6) is 11.5 Å². The fourth-order valence-electron chi connectivity index (χ4n) is 2.85. The smallest absolute Gasteiger partial charge is 0.297 e. The van der Waals surface area contributed by atoms with Gasteiger partial charge in [-0.3, -0.25) is 4.18 Å². The van der Waals surface area contributed by atoms with Gasteiger partial charge in [-0.25, -0.2) is 0 Å². The van der Waals surface area contributed by atoms with E-state index in [1.54, 1.807) is 48.5 Å². The van der Waals surface area contributed by atoms with E-state index < -0.39 is 16.4 Å². The molecule has 0 saturated heterocycles. The molecule has 3 aromatic rings. The second kappa shape index (κ2) is 8.05. The third-order valence-corrected chi connectivity index (χ3v) is 6.22. The van der Waals surface area contributed by atoms with Crippen LogP contribution in [0, 0.1) is 0 Å². The maximum Gasteiger partial charge on any atom is 0.297 e. The molecule has 1 atom stereocenters. The van der Waals surface area contributed by atoms with Crippen molar-refractivity contribution in [2.24, 2.45) is 0 Å². The summed E-state index contributed by atoms with van der Waals surface area (Å²) in [4.78, 5) is 0.0463. The molecule has 0 aromatic heterocycles. The lowest BCUT2D eigenvalue weighted by Gasteiger charge is -2.12. The standard InChI is InChI=1S/C20H13Cl3O5S/c21-12-6-7-17(23)15(8-12)16-9-13(22)10-18-20(16)28-19(27-18)11-26-29(24,25)14-4-2-1-3-5-14/h1-10,19H,11H2. The lowest BCUT2D eigenvalue weighted by Crippen LogP contribution is -2.26. The van der Waals surface area contributed by atoms with Gasteiger partial charge < -0.3 is 9.47 Å². The topological polar surface area (TPSA) is 61.8 Å². The Morgan fingerprint density at radius 1 is 0.862 bits per heavy atom. The molecule has 0 radical (unpaired) electrons. The molecule has 4 rings (SSSR count). The van der Waals surface area contributed by atoms with Crippen molar-refractivity contribution in [2.75, 3.05) is 6.61 Å². The van der Waals surface area contributed by atoms with Crippen molar-refractivity contribution in [1.82, 2.24) is 0 Å². The fraction of sp³-hybridized carbons (Fsp3) is 0.100. The van der Waals surface area contributed by atoms with Crippen LogP contribution in [-0.2, 0) is 14.3 Å². The summed E-state index contributed by atoms with van der Waals surface area (Å²) >= 11 is 18.6. The molecule has 0 bridgehead atoms. The number of hydrogen-bond acceptors (Lipinski definition) is 5. The molecular weight excluding hydrogens is 459 g/mol. The third kappa shape index (κ3) is 4.32. The van der Waals surface area contributed by atoms with Crippen molar-refractivity contribution in [3.8, 4) is 22.6 Å². The van der Waals surface area contributed by atoms with Crippen molar-refractivity contribution in [2.45, 2.75) is 11.2 Å². The molecule has 1 aliphatic heterocycles. The fourth-order valence-corrected chi connectivity index (χ4v) is 4.36. The van der Waals surface area contributed by atoms with Gasteiger partial charge in [0.05, 0.1) is 4.90 Å². The van der Waals surface area contributed by atoms with Crippen molar-refractivity contribution < 1.29 is 22.1 Å². The van der Waals surface area contributed by atoms with Crippen LogP contribution >= 0.6 is 34.8 Å². The molecular formula is C20H13Cl3O5S. The van der Waals surface area contributed by atoms with E-state index in [9.17, 15) is 8.42 Å². The van der Waals surface area contributed by atoms with Crippen LogP contribution in [0.4, 0.5) is 0 Å². The second-order valence-corrected chi connectivity index (χ2v) is 9.02. The van der Waals surface area contributed by atoms with Crippen LogP contribution in [0.2, 0.25) is 15.1 Å². The second-order valence-electron chi connectivity index (χ2n) is 6.12. The van der Waals surface area contributed by atoms with Crippen molar-refractivity contribution in [3.63, 3.8) is 0 Å². The highest BCUT2D eigenvalue weighted by Gasteiger charge is 2.31. The van der Waals surface area contributed by atoms with Gasteiger partial charge in [0.25, 0.3) is 16.4 Å². The summed E-state index contributed by atoms with van der Waals surface area (Å²) in [6.07, 6.45) is -0.973. The Kier molecular flexibility index (Phi) is 5.64. The van der Waals surface area contributed by atoms with E-state index in [0.29, 0.717) is 37.7 Å². The summed E-state index contributed by atoms with van der Waals surface area (Å²) in [5, 5.41) is 1.34. The van der Waals surface area contributed by atoms with E-state index in [4.69, 9.17) is 48.5 Å². The zero-order valence-electron chi connectivity index (χ0n) is 14.6. The van der Waals surface area contributed by atoms with Gasteiger partial charge in [0.15, 0.2) is 11.5 Å². The minimum absolute atomic E-state index is 0.0463. The Hall–Kier alpha value is -1.96. The molecule has 0 N–H and O–H groups in total. The molecule has 5 nitrogen and oxygen atoms in total. The number of rotatable bonds is 5. The largest absolute Gasteiger partial charge is 0.448 e. The third-order valence-electron chi connectivity index (χ3n) is 4.14. The zero-order valence-corrected chi connectivity index (χ0v) is 17.7. The maximum atomic E-state index is 12.3. The summed E-state index contributed by atoms with van der Waals surface area (Å²) in [6, 6.07) is 16.1. The average Bonchev–Trinajstić information content (AvgIpc) is 3.11. The van der Waals surface area contributed by atoms with Gasteiger partial charge >= 0.3 is 0 Å². The number of halogens is 3. The van der Waals surface area contributed by atoms with Crippen molar-refractivity contribution in [1.29, 1.82) is 0 Å². The van der Waals surface area contributed by atoms with Crippen LogP contribution in [0.3, 0.4) is 0 Å². The first-order valence-electron chi connectivity index (χ1n) is 8.40. The van der Waals surface area contributed by atoms with Crippen LogP contribution < -0.4 is 9.47 Å². The first-order valence-corrected chi connectivity index (χ1v) is 10.9. The van der Waals surface area contributed by atoms with Crippen LogP contribution in [0.1, 0.15) is 0 Å². The summed E-state index contributed by atoms with van der Waals surface area (Å²) in [6.45, 7) is -0.341.